The molecular formula is C16H14N2O2. The van der Waals surface area contributed by atoms with Crippen LogP contribution in [0.25, 0.3) is 10.9 Å². The first-order valence-corrected chi connectivity index (χ1v) is 6.29. The molecule has 2 aromatic carbocycles. The molecule has 0 fully saturated rings. The summed E-state index contributed by atoms with van der Waals surface area (Å²) < 4.78 is 5.83. The topological polar surface area (TPSA) is 68.4 Å². The predicted molar refractivity (Wildman–Crippen MR) is 78.6 cm³/mol. The Kier molecular flexibility index (Phi) is 3.23. The summed E-state index contributed by atoms with van der Waals surface area (Å²) in [5.74, 6) is 1.16. The number of aromatic nitrogens is 1. The van der Waals surface area contributed by atoms with Gasteiger partial charge in [-0.25, -0.2) is 0 Å². The third-order valence-corrected chi connectivity index (χ3v) is 3.15. The van der Waals surface area contributed by atoms with Crippen LogP contribution in [0, 0.1) is 0 Å². The minimum atomic E-state index is -0.0782. The van der Waals surface area contributed by atoms with E-state index in [2.05, 4.69) is 4.98 Å². The first kappa shape index (κ1) is 12.4. The van der Waals surface area contributed by atoms with Gasteiger partial charge in [0.1, 0.15) is 5.75 Å². The molecule has 3 rings (SSSR count). The summed E-state index contributed by atoms with van der Waals surface area (Å²) in [5, 5.41) is 10.2. The van der Waals surface area contributed by atoms with Gasteiger partial charge in [0, 0.05) is 17.1 Å². The maximum atomic E-state index is 9.32. The number of pyridine rings is 1. The zero-order valence-corrected chi connectivity index (χ0v) is 10.8. The van der Waals surface area contributed by atoms with E-state index in [1.54, 1.807) is 18.3 Å². The molecule has 0 aliphatic rings. The van der Waals surface area contributed by atoms with Crippen molar-refractivity contribution in [2.45, 2.75) is 6.61 Å². The minimum absolute atomic E-state index is 0.0782. The molecule has 4 nitrogen and oxygen atoms in total. The van der Waals surface area contributed by atoms with Gasteiger partial charge in [0.05, 0.1) is 17.8 Å². The van der Waals surface area contributed by atoms with Crippen LogP contribution in [0.2, 0.25) is 0 Å². The highest BCUT2D eigenvalue weighted by Crippen LogP contribution is 2.34. The maximum absolute atomic E-state index is 9.32. The van der Waals surface area contributed by atoms with Crippen molar-refractivity contribution >= 4 is 16.6 Å². The highest BCUT2D eigenvalue weighted by atomic mass is 16.5. The molecule has 0 saturated carbocycles. The van der Waals surface area contributed by atoms with E-state index in [9.17, 15) is 5.11 Å². The number of benzene rings is 2. The predicted octanol–water partition coefficient (Wildman–Crippen LogP) is 3.10. The summed E-state index contributed by atoms with van der Waals surface area (Å²) in [6.45, 7) is -0.0782. The Morgan fingerprint density at radius 2 is 1.85 bits per heavy atom. The van der Waals surface area contributed by atoms with Gasteiger partial charge in [-0.1, -0.05) is 18.2 Å². The number of hydrogen-bond acceptors (Lipinski definition) is 4. The van der Waals surface area contributed by atoms with Crippen LogP contribution in [0.4, 0.5) is 5.69 Å². The maximum Gasteiger partial charge on any atom is 0.151 e. The lowest BCUT2D eigenvalue weighted by molar-refractivity contribution is 0.276. The molecule has 4 heteroatoms. The van der Waals surface area contributed by atoms with Crippen LogP contribution >= 0.6 is 0 Å². The average Bonchev–Trinajstić information content (AvgIpc) is 2.51. The second-order valence-electron chi connectivity index (χ2n) is 4.42. The van der Waals surface area contributed by atoms with E-state index in [1.165, 1.54) is 0 Å². The normalized spacial score (nSPS) is 10.7. The molecule has 0 aliphatic heterocycles. The number of nitrogens with two attached hydrogens (primary N) is 1. The lowest BCUT2D eigenvalue weighted by Crippen LogP contribution is -1.96. The van der Waals surface area contributed by atoms with Crippen molar-refractivity contribution in [3.63, 3.8) is 0 Å². The number of aliphatic hydroxyl groups is 1. The summed E-state index contributed by atoms with van der Waals surface area (Å²) in [5.41, 5.74) is 8.22. The average molecular weight is 266 g/mol. The number of anilines is 1. The van der Waals surface area contributed by atoms with Crippen LogP contribution in [-0.2, 0) is 6.61 Å². The van der Waals surface area contributed by atoms with E-state index >= 15 is 0 Å². The number of para-hydroxylation sites is 1. The molecule has 1 aromatic heterocycles. The lowest BCUT2D eigenvalue weighted by atomic mass is 10.1. The Morgan fingerprint density at radius 1 is 1.00 bits per heavy atom. The van der Waals surface area contributed by atoms with Crippen molar-refractivity contribution < 1.29 is 9.84 Å². The van der Waals surface area contributed by atoms with Crippen molar-refractivity contribution in [3.8, 4) is 11.5 Å². The second-order valence-corrected chi connectivity index (χ2v) is 4.42. The summed E-state index contributed by atoms with van der Waals surface area (Å²) >= 11 is 0. The van der Waals surface area contributed by atoms with Crippen molar-refractivity contribution in [1.29, 1.82) is 0 Å². The van der Waals surface area contributed by atoms with Gasteiger partial charge in [-0.2, -0.15) is 0 Å². The highest BCUT2D eigenvalue weighted by Gasteiger charge is 2.09. The number of fused-ring (bicyclic) bond motifs is 1. The summed E-state index contributed by atoms with van der Waals surface area (Å²) in [6.07, 6.45) is 1.73. The first-order chi connectivity index (χ1) is 9.79. The van der Waals surface area contributed by atoms with E-state index < -0.39 is 0 Å². The molecule has 0 radical (unpaired) electrons. The zero-order chi connectivity index (χ0) is 13.9. The Labute approximate surface area is 116 Å². The molecule has 1 heterocycles. The van der Waals surface area contributed by atoms with Gasteiger partial charge in [0.2, 0.25) is 0 Å². The number of nitrogen functional groups attached to an aromatic ring is 1. The fraction of sp³-hybridized carbons (Fsp3) is 0.0625. The van der Waals surface area contributed by atoms with E-state index in [4.69, 9.17) is 10.5 Å². The molecule has 0 spiro atoms. The lowest BCUT2D eigenvalue weighted by Gasteiger charge is -2.12. The van der Waals surface area contributed by atoms with Crippen molar-refractivity contribution in [2.75, 3.05) is 5.73 Å². The van der Waals surface area contributed by atoms with Gasteiger partial charge in [0.15, 0.2) is 5.75 Å². The van der Waals surface area contributed by atoms with E-state index in [1.807, 2.05) is 36.4 Å². The molecule has 100 valence electrons. The molecule has 0 aliphatic carbocycles. The molecule has 0 bridgehead atoms. The fourth-order valence-corrected chi connectivity index (χ4v) is 2.10. The van der Waals surface area contributed by atoms with Crippen LogP contribution in [0.5, 0.6) is 11.5 Å². The van der Waals surface area contributed by atoms with Crippen molar-refractivity contribution in [3.05, 3.63) is 60.3 Å². The SMILES string of the molecule is Nc1c(Oc2ccccc2CO)ccc2ncccc12. The van der Waals surface area contributed by atoms with E-state index in [0.29, 0.717) is 17.2 Å². The molecule has 0 saturated heterocycles. The van der Waals surface area contributed by atoms with Crippen LogP contribution in [0.1, 0.15) is 5.56 Å². The van der Waals surface area contributed by atoms with Crippen LogP contribution in [0.3, 0.4) is 0 Å². The smallest absolute Gasteiger partial charge is 0.151 e. The molecule has 3 aromatic rings. The Balaban J connectivity index is 2.05. The first-order valence-electron chi connectivity index (χ1n) is 6.29. The van der Waals surface area contributed by atoms with Gasteiger partial charge in [-0.05, 0) is 30.3 Å². The molecular weight excluding hydrogens is 252 g/mol. The third-order valence-electron chi connectivity index (χ3n) is 3.15. The number of aliphatic hydroxyl groups excluding tert-OH is 1. The van der Waals surface area contributed by atoms with Gasteiger partial charge >= 0.3 is 0 Å². The van der Waals surface area contributed by atoms with Gasteiger partial charge in [-0.15, -0.1) is 0 Å². The van der Waals surface area contributed by atoms with Crippen LogP contribution in [0.15, 0.2) is 54.7 Å². The number of nitrogens with zero attached hydrogens (tertiary/aromatic N) is 1. The Morgan fingerprint density at radius 3 is 2.70 bits per heavy atom. The molecule has 0 unspecified atom stereocenters. The molecule has 0 amide bonds. The number of hydrogen-bond donors (Lipinski definition) is 2. The third kappa shape index (κ3) is 2.17. The standard InChI is InChI=1S/C16H14N2O2/c17-16-12-5-3-9-18-13(12)7-8-15(16)20-14-6-2-1-4-11(14)10-19/h1-9,19H,10,17H2. The van der Waals surface area contributed by atoms with E-state index in [-0.39, 0.29) is 6.61 Å². The number of rotatable bonds is 3. The Bertz CT molecular complexity index is 756. The molecule has 3 N–H and O–H groups in total. The summed E-state index contributed by atoms with van der Waals surface area (Å²) in [6, 6.07) is 14.7. The fourth-order valence-electron chi connectivity index (χ4n) is 2.10. The molecule has 20 heavy (non-hydrogen) atoms. The zero-order valence-electron chi connectivity index (χ0n) is 10.8. The highest BCUT2D eigenvalue weighted by molar-refractivity contribution is 5.93. The van der Waals surface area contributed by atoms with Gasteiger partial charge in [-0.3, -0.25) is 4.98 Å². The summed E-state index contributed by atoms with van der Waals surface area (Å²) in [4.78, 5) is 4.25. The van der Waals surface area contributed by atoms with Gasteiger partial charge in [0.25, 0.3) is 0 Å². The quantitative estimate of drug-likeness (QED) is 0.715. The van der Waals surface area contributed by atoms with E-state index in [0.717, 1.165) is 16.5 Å². The Hall–Kier alpha value is -2.59. The molecule has 0 atom stereocenters. The monoisotopic (exact) mass is 266 g/mol. The second kappa shape index (κ2) is 5.19. The number of ether oxygens (including phenoxy) is 1. The van der Waals surface area contributed by atoms with Crippen molar-refractivity contribution in [1.82, 2.24) is 4.98 Å². The largest absolute Gasteiger partial charge is 0.455 e. The van der Waals surface area contributed by atoms with Crippen LogP contribution < -0.4 is 10.5 Å². The summed E-state index contributed by atoms with van der Waals surface area (Å²) in [7, 11) is 0. The van der Waals surface area contributed by atoms with Gasteiger partial charge < -0.3 is 15.6 Å². The van der Waals surface area contributed by atoms with Crippen molar-refractivity contribution in [2.24, 2.45) is 0 Å². The van der Waals surface area contributed by atoms with Crippen LogP contribution in [-0.4, -0.2) is 10.1 Å². The minimum Gasteiger partial charge on any atom is -0.455 e.